The third-order valence-electron chi connectivity index (χ3n) is 5.49. The van der Waals surface area contributed by atoms with E-state index in [1.165, 1.54) is 0 Å². The quantitative estimate of drug-likeness (QED) is 0.793. The minimum absolute atomic E-state index is 0.138. The highest BCUT2D eigenvalue weighted by atomic mass is 16.5. The molecule has 0 bridgehead atoms. The highest BCUT2D eigenvalue weighted by molar-refractivity contribution is 5.80. The van der Waals surface area contributed by atoms with Crippen molar-refractivity contribution in [2.75, 3.05) is 32.8 Å². The smallest absolute Gasteiger partial charge is 0.228 e. The molecule has 0 unspecified atom stereocenters. The van der Waals surface area contributed by atoms with E-state index in [1.54, 1.807) is 6.20 Å². The van der Waals surface area contributed by atoms with E-state index in [4.69, 9.17) is 9.26 Å². The summed E-state index contributed by atoms with van der Waals surface area (Å²) in [5.74, 6) is 1.80. The molecule has 0 spiro atoms. The molecular weight excluding hydrogens is 346 g/mol. The van der Waals surface area contributed by atoms with Crippen LogP contribution in [0.15, 0.2) is 23.0 Å². The molecule has 0 aromatic carbocycles. The van der Waals surface area contributed by atoms with Crippen LogP contribution in [0.1, 0.15) is 36.7 Å². The zero-order valence-corrected chi connectivity index (χ0v) is 16.0. The van der Waals surface area contributed by atoms with Gasteiger partial charge in [0.05, 0.1) is 18.2 Å². The molecule has 2 aliphatic heterocycles. The number of piperazine rings is 1. The summed E-state index contributed by atoms with van der Waals surface area (Å²) in [4.78, 5) is 21.9. The molecule has 0 aliphatic carbocycles. The van der Waals surface area contributed by atoms with Crippen molar-refractivity contribution in [1.82, 2.24) is 24.5 Å². The standard InChI is InChI=1S/C19H27N5O3/c1-3-23-6-5-20-18(23)17-16(4-11-26-17)19(25)24-9-7-22(8-10-24)13-15-12-14(2)21-27-15/h5-6,12,16-17H,3-4,7-11,13H2,1-2H3/t16-,17-/m1/s1. The van der Waals surface area contributed by atoms with Crippen LogP contribution in [0.3, 0.4) is 0 Å². The number of carbonyl (C=O) groups is 1. The fourth-order valence-electron chi connectivity index (χ4n) is 4.01. The Balaban J connectivity index is 1.36. The van der Waals surface area contributed by atoms with Crippen LogP contribution in [0.25, 0.3) is 0 Å². The first-order valence-corrected chi connectivity index (χ1v) is 9.71. The van der Waals surface area contributed by atoms with E-state index in [2.05, 4.69) is 26.5 Å². The number of carbonyl (C=O) groups excluding carboxylic acids is 1. The predicted molar refractivity (Wildman–Crippen MR) is 97.8 cm³/mol. The van der Waals surface area contributed by atoms with Crippen LogP contribution < -0.4 is 0 Å². The van der Waals surface area contributed by atoms with Crippen molar-refractivity contribution in [1.29, 1.82) is 0 Å². The molecule has 2 saturated heterocycles. The van der Waals surface area contributed by atoms with Crippen molar-refractivity contribution >= 4 is 5.91 Å². The van der Waals surface area contributed by atoms with Crippen LogP contribution in [0, 0.1) is 12.8 Å². The maximum Gasteiger partial charge on any atom is 0.228 e. The first-order valence-electron chi connectivity index (χ1n) is 9.71. The number of rotatable bonds is 5. The summed E-state index contributed by atoms with van der Waals surface area (Å²) < 4.78 is 13.3. The minimum atomic E-state index is -0.234. The van der Waals surface area contributed by atoms with Gasteiger partial charge in [0.15, 0.2) is 5.76 Å². The molecule has 4 heterocycles. The molecular formula is C19H27N5O3. The number of imidazole rings is 1. The number of ether oxygens (including phenoxy) is 1. The topological polar surface area (TPSA) is 76.6 Å². The molecule has 1 amide bonds. The molecule has 2 fully saturated rings. The highest BCUT2D eigenvalue weighted by Gasteiger charge is 2.40. The normalized spacial score (nSPS) is 23.9. The second kappa shape index (κ2) is 7.82. The van der Waals surface area contributed by atoms with Gasteiger partial charge >= 0.3 is 0 Å². The Kier molecular flexibility index (Phi) is 5.27. The van der Waals surface area contributed by atoms with Gasteiger partial charge in [-0.1, -0.05) is 5.16 Å². The third-order valence-corrected chi connectivity index (χ3v) is 5.49. The molecule has 8 nitrogen and oxygen atoms in total. The molecule has 27 heavy (non-hydrogen) atoms. The molecule has 146 valence electrons. The number of aromatic nitrogens is 3. The van der Waals surface area contributed by atoms with Crippen LogP contribution >= 0.6 is 0 Å². The van der Waals surface area contributed by atoms with Gasteiger partial charge in [0.25, 0.3) is 0 Å². The van der Waals surface area contributed by atoms with E-state index in [9.17, 15) is 4.79 Å². The van der Waals surface area contributed by atoms with Gasteiger partial charge in [-0.2, -0.15) is 0 Å². The number of amides is 1. The van der Waals surface area contributed by atoms with E-state index in [-0.39, 0.29) is 17.9 Å². The summed E-state index contributed by atoms with van der Waals surface area (Å²) in [6.45, 7) is 9.33. The van der Waals surface area contributed by atoms with Crippen molar-refractivity contribution < 1.29 is 14.1 Å². The number of hydrogen-bond acceptors (Lipinski definition) is 6. The van der Waals surface area contributed by atoms with Crippen LogP contribution in [0.5, 0.6) is 0 Å². The van der Waals surface area contributed by atoms with Crippen LogP contribution in [0.4, 0.5) is 0 Å². The van der Waals surface area contributed by atoms with Crippen molar-refractivity contribution in [3.05, 3.63) is 35.7 Å². The number of hydrogen-bond donors (Lipinski definition) is 0. The van der Waals surface area contributed by atoms with Crippen LogP contribution in [-0.2, 0) is 22.6 Å². The molecule has 2 aromatic heterocycles. The SMILES string of the molecule is CCn1ccnc1[C@@H]1OCC[C@H]1C(=O)N1CCN(Cc2cc(C)no2)CC1. The average molecular weight is 373 g/mol. The Morgan fingerprint density at radius 1 is 1.30 bits per heavy atom. The van der Waals surface area contributed by atoms with Crippen LogP contribution in [0.2, 0.25) is 0 Å². The van der Waals surface area contributed by atoms with Gasteiger partial charge in [0, 0.05) is 57.8 Å². The molecule has 2 atom stereocenters. The summed E-state index contributed by atoms with van der Waals surface area (Å²) >= 11 is 0. The Morgan fingerprint density at radius 2 is 2.11 bits per heavy atom. The van der Waals surface area contributed by atoms with E-state index >= 15 is 0 Å². The number of aryl methyl sites for hydroxylation is 2. The zero-order chi connectivity index (χ0) is 18.8. The largest absolute Gasteiger partial charge is 0.369 e. The van der Waals surface area contributed by atoms with Gasteiger partial charge < -0.3 is 18.7 Å². The van der Waals surface area contributed by atoms with Crippen molar-refractivity contribution in [3.8, 4) is 0 Å². The summed E-state index contributed by atoms with van der Waals surface area (Å²) in [5.41, 5.74) is 0.900. The Labute approximate surface area is 159 Å². The maximum atomic E-state index is 13.1. The average Bonchev–Trinajstić information content (AvgIpc) is 3.41. The predicted octanol–water partition coefficient (Wildman–Crippen LogP) is 1.62. The van der Waals surface area contributed by atoms with Gasteiger partial charge in [-0.05, 0) is 20.3 Å². The Bertz CT molecular complexity index is 778. The second-order valence-electron chi connectivity index (χ2n) is 7.29. The lowest BCUT2D eigenvalue weighted by Gasteiger charge is -2.36. The van der Waals surface area contributed by atoms with Crippen molar-refractivity contribution in [2.45, 2.75) is 39.5 Å². The molecule has 8 heteroatoms. The van der Waals surface area contributed by atoms with E-state index in [1.807, 2.05) is 24.1 Å². The van der Waals surface area contributed by atoms with E-state index in [0.717, 1.165) is 63.0 Å². The molecule has 0 saturated carbocycles. The van der Waals surface area contributed by atoms with Gasteiger partial charge in [-0.3, -0.25) is 9.69 Å². The first-order chi connectivity index (χ1) is 13.2. The lowest BCUT2D eigenvalue weighted by Crippen LogP contribution is -2.50. The summed E-state index contributed by atoms with van der Waals surface area (Å²) in [6, 6.07) is 1.97. The third kappa shape index (κ3) is 3.77. The van der Waals surface area contributed by atoms with Gasteiger partial charge in [0.2, 0.25) is 5.91 Å². The Hall–Kier alpha value is -2.19. The van der Waals surface area contributed by atoms with E-state index in [0.29, 0.717) is 6.61 Å². The van der Waals surface area contributed by atoms with Crippen molar-refractivity contribution in [2.24, 2.45) is 5.92 Å². The summed E-state index contributed by atoms with van der Waals surface area (Å²) in [6.07, 6.45) is 4.26. The number of nitrogens with zero attached hydrogens (tertiary/aromatic N) is 5. The zero-order valence-electron chi connectivity index (χ0n) is 16.0. The molecule has 4 rings (SSSR count). The fourth-order valence-corrected chi connectivity index (χ4v) is 4.01. The highest BCUT2D eigenvalue weighted by Crippen LogP contribution is 2.35. The molecule has 2 aromatic rings. The lowest BCUT2D eigenvalue weighted by molar-refractivity contribution is -0.139. The van der Waals surface area contributed by atoms with Gasteiger partial charge in [0.1, 0.15) is 11.9 Å². The minimum Gasteiger partial charge on any atom is -0.369 e. The Morgan fingerprint density at radius 3 is 2.81 bits per heavy atom. The summed E-state index contributed by atoms with van der Waals surface area (Å²) in [5, 5.41) is 3.94. The monoisotopic (exact) mass is 373 g/mol. The lowest BCUT2D eigenvalue weighted by atomic mass is 9.98. The van der Waals surface area contributed by atoms with E-state index < -0.39 is 0 Å². The summed E-state index contributed by atoms with van der Waals surface area (Å²) in [7, 11) is 0. The molecule has 0 N–H and O–H groups in total. The fraction of sp³-hybridized carbons (Fsp3) is 0.632. The van der Waals surface area contributed by atoms with Gasteiger partial charge in [-0.25, -0.2) is 4.98 Å². The molecule has 0 radical (unpaired) electrons. The van der Waals surface area contributed by atoms with Gasteiger partial charge in [-0.15, -0.1) is 0 Å². The molecule has 2 aliphatic rings. The first kappa shape index (κ1) is 18.2. The van der Waals surface area contributed by atoms with Crippen molar-refractivity contribution in [3.63, 3.8) is 0 Å². The maximum absolute atomic E-state index is 13.1. The second-order valence-corrected chi connectivity index (χ2v) is 7.29. The van der Waals surface area contributed by atoms with Crippen LogP contribution in [-0.4, -0.2) is 63.2 Å².